The number of hydrogen-bond acceptors (Lipinski definition) is 4. The highest BCUT2D eigenvalue weighted by molar-refractivity contribution is 5.79. The summed E-state index contributed by atoms with van der Waals surface area (Å²) in [5.41, 5.74) is 1.66. The van der Waals surface area contributed by atoms with Crippen molar-refractivity contribution in [3.05, 3.63) is 35.4 Å². The molecule has 0 unspecified atom stereocenters. The van der Waals surface area contributed by atoms with E-state index in [1.54, 1.807) is 4.90 Å². The summed E-state index contributed by atoms with van der Waals surface area (Å²) in [5.74, 6) is -0.0150. The third-order valence-electron chi connectivity index (χ3n) is 4.56. The van der Waals surface area contributed by atoms with Gasteiger partial charge in [0.2, 0.25) is 5.91 Å². The highest BCUT2D eigenvalue weighted by atomic mass is 16.6. The number of piperidine rings is 1. The number of carbonyl (C=O) groups excluding carboxylic acids is 2. The summed E-state index contributed by atoms with van der Waals surface area (Å²) in [5, 5.41) is 3.03. The molecule has 1 N–H and O–H groups in total. The minimum absolute atomic E-state index is 0.0488. The van der Waals surface area contributed by atoms with Crippen LogP contribution >= 0.6 is 0 Å². The van der Waals surface area contributed by atoms with Gasteiger partial charge in [-0.1, -0.05) is 24.3 Å². The lowest BCUT2D eigenvalue weighted by atomic mass is 9.96. The maximum atomic E-state index is 12.5. The Morgan fingerprint density at radius 3 is 2.43 bits per heavy atom. The molecule has 1 aromatic rings. The zero-order valence-corrected chi connectivity index (χ0v) is 17.8. The first-order valence-corrected chi connectivity index (χ1v) is 10.1. The summed E-state index contributed by atoms with van der Waals surface area (Å²) in [4.78, 5) is 26.3. The van der Waals surface area contributed by atoms with Crippen LogP contribution in [0.2, 0.25) is 0 Å². The molecule has 28 heavy (non-hydrogen) atoms. The minimum Gasteiger partial charge on any atom is -0.444 e. The topological polar surface area (TPSA) is 67.9 Å². The largest absolute Gasteiger partial charge is 0.444 e. The number of nitrogens with one attached hydrogen (secondary N) is 1. The van der Waals surface area contributed by atoms with Gasteiger partial charge in [0.1, 0.15) is 5.60 Å². The molecule has 1 saturated heterocycles. The molecule has 1 aliphatic rings. The highest BCUT2D eigenvalue weighted by Gasteiger charge is 2.29. The monoisotopic (exact) mass is 390 g/mol. The van der Waals surface area contributed by atoms with Crippen molar-refractivity contribution in [2.45, 2.75) is 72.3 Å². The Kier molecular flexibility index (Phi) is 7.87. The lowest BCUT2D eigenvalue weighted by molar-refractivity contribution is -0.126. The van der Waals surface area contributed by atoms with Crippen LogP contribution in [-0.4, -0.2) is 41.7 Å². The van der Waals surface area contributed by atoms with Crippen molar-refractivity contribution in [3.63, 3.8) is 0 Å². The maximum absolute atomic E-state index is 12.5. The van der Waals surface area contributed by atoms with E-state index in [0.717, 1.165) is 11.1 Å². The van der Waals surface area contributed by atoms with Crippen LogP contribution in [0, 0.1) is 5.92 Å². The summed E-state index contributed by atoms with van der Waals surface area (Å²) in [6.45, 7) is 11.8. The average Bonchev–Trinajstić information content (AvgIpc) is 2.63. The SMILES string of the molecule is CC(C)OCc1cccc(CNC(=O)C2CCN(C(=O)OC(C)(C)C)CC2)c1. The van der Waals surface area contributed by atoms with Crippen LogP contribution in [0.15, 0.2) is 24.3 Å². The number of hydrogen-bond donors (Lipinski definition) is 1. The molecule has 2 amide bonds. The van der Waals surface area contributed by atoms with Crippen molar-refractivity contribution >= 4 is 12.0 Å². The molecule has 0 radical (unpaired) electrons. The Balaban J connectivity index is 1.77. The molecule has 0 spiro atoms. The Morgan fingerprint density at radius 2 is 1.82 bits per heavy atom. The van der Waals surface area contributed by atoms with E-state index in [0.29, 0.717) is 39.1 Å². The van der Waals surface area contributed by atoms with E-state index in [1.807, 2.05) is 52.8 Å². The normalized spacial score (nSPS) is 15.6. The molecule has 1 heterocycles. The summed E-state index contributed by atoms with van der Waals surface area (Å²) in [6, 6.07) is 8.08. The quantitative estimate of drug-likeness (QED) is 0.800. The fraction of sp³-hybridized carbons (Fsp3) is 0.636. The average molecular weight is 391 g/mol. The molecule has 0 aromatic heterocycles. The Hall–Kier alpha value is -2.08. The van der Waals surface area contributed by atoms with Gasteiger partial charge in [-0.25, -0.2) is 4.79 Å². The van der Waals surface area contributed by atoms with Crippen molar-refractivity contribution < 1.29 is 19.1 Å². The number of carbonyl (C=O) groups is 2. The van der Waals surface area contributed by atoms with E-state index >= 15 is 0 Å². The summed E-state index contributed by atoms with van der Waals surface area (Å²) < 4.78 is 11.0. The van der Waals surface area contributed by atoms with Gasteiger partial charge in [0.25, 0.3) is 0 Å². The lowest BCUT2D eigenvalue weighted by Gasteiger charge is -2.32. The molecule has 0 atom stereocenters. The van der Waals surface area contributed by atoms with Crippen molar-refractivity contribution in [1.29, 1.82) is 0 Å². The molecule has 1 aliphatic heterocycles. The summed E-state index contributed by atoms with van der Waals surface area (Å²) in [7, 11) is 0. The fourth-order valence-electron chi connectivity index (χ4n) is 3.08. The van der Waals surface area contributed by atoms with E-state index in [4.69, 9.17) is 9.47 Å². The third-order valence-corrected chi connectivity index (χ3v) is 4.56. The first-order valence-electron chi connectivity index (χ1n) is 10.1. The van der Waals surface area contributed by atoms with Gasteiger partial charge in [0.05, 0.1) is 12.7 Å². The molecule has 0 aliphatic carbocycles. The third kappa shape index (κ3) is 7.50. The van der Waals surface area contributed by atoms with Crippen LogP contribution in [0.5, 0.6) is 0 Å². The first-order chi connectivity index (χ1) is 13.1. The van der Waals surface area contributed by atoms with Crippen LogP contribution in [0.4, 0.5) is 4.79 Å². The smallest absolute Gasteiger partial charge is 0.410 e. The van der Waals surface area contributed by atoms with Crippen LogP contribution < -0.4 is 5.32 Å². The van der Waals surface area contributed by atoms with Crippen molar-refractivity contribution in [2.24, 2.45) is 5.92 Å². The van der Waals surface area contributed by atoms with Crippen molar-refractivity contribution in [1.82, 2.24) is 10.2 Å². The van der Waals surface area contributed by atoms with Gasteiger partial charge in [-0.15, -0.1) is 0 Å². The van der Waals surface area contributed by atoms with Gasteiger partial charge in [-0.05, 0) is 58.6 Å². The van der Waals surface area contributed by atoms with E-state index in [1.165, 1.54) is 0 Å². The predicted octanol–water partition coefficient (Wildman–Crippen LogP) is 3.87. The molecule has 1 fully saturated rings. The Labute approximate surface area is 168 Å². The van der Waals surface area contributed by atoms with E-state index in [9.17, 15) is 9.59 Å². The highest BCUT2D eigenvalue weighted by Crippen LogP contribution is 2.20. The van der Waals surface area contributed by atoms with Gasteiger partial charge in [0, 0.05) is 25.6 Å². The predicted molar refractivity (Wildman–Crippen MR) is 109 cm³/mol. The number of nitrogens with zero attached hydrogens (tertiary/aromatic N) is 1. The molecule has 0 bridgehead atoms. The second-order valence-electron chi connectivity index (χ2n) is 8.64. The van der Waals surface area contributed by atoms with Crippen molar-refractivity contribution in [2.75, 3.05) is 13.1 Å². The number of amides is 2. The number of likely N-dealkylation sites (tertiary alicyclic amines) is 1. The van der Waals surface area contributed by atoms with Gasteiger partial charge in [-0.2, -0.15) is 0 Å². The van der Waals surface area contributed by atoms with Crippen LogP contribution in [0.1, 0.15) is 58.6 Å². The van der Waals surface area contributed by atoms with E-state index in [2.05, 4.69) is 11.4 Å². The zero-order valence-electron chi connectivity index (χ0n) is 17.8. The second kappa shape index (κ2) is 9.92. The van der Waals surface area contributed by atoms with Gasteiger partial charge < -0.3 is 19.7 Å². The number of ether oxygens (including phenoxy) is 2. The fourth-order valence-corrected chi connectivity index (χ4v) is 3.08. The summed E-state index contributed by atoms with van der Waals surface area (Å²) in [6.07, 6.45) is 1.21. The first kappa shape index (κ1) is 22.2. The maximum Gasteiger partial charge on any atom is 0.410 e. The molecule has 0 saturated carbocycles. The molecule has 1 aromatic carbocycles. The van der Waals surface area contributed by atoms with Crippen LogP contribution in [-0.2, 0) is 27.4 Å². The summed E-state index contributed by atoms with van der Waals surface area (Å²) >= 11 is 0. The van der Waals surface area contributed by atoms with Gasteiger partial charge >= 0.3 is 6.09 Å². The molecule has 6 nitrogen and oxygen atoms in total. The van der Waals surface area contributed by atoms with Gasteiger partial charge in [0.15, 0.2) is 0 Å². The molecular formula is C22H34N2O4. The number of rotatable bonds is 6. The zero-order chi connectivity index (χ0) is 20.7. The van der Waals surface area contributed by atoms with Crippen LogP contribution in [0.25, 0.3) is 0 Å². The standard InChI is InChI=1S/C22H34N2O4/c1-16(2)27-15-18-8-6-7-17(13-18)14-23-20(25)19-9-11-24(12-10-19)21(26)28-22(3,4)5/h6-8,13,16,19H,9-12,14-15H2,1-5H3,(H,23,25). The Bertz CT molecular complexity index is 659. The second-order valence-corrected chi connectivity index (χ2v) is 8.64. The van der Waals surface area contributed by atoms with Gasteiger partial charge in [-0.3, -0.25) is 4.79 Å². The lowest BCUT2D eigenvalue weighted by Crippen LogP contribution is -2.44. The molecule has 2 rings (SSSR count). The van der Waals surface area contributed by atoms with E-state index < -0.39 is 5.60 Å². The molecule has 6 heteroatoms. The minimum atomic E-state index is -0.500. The number of benzene rings is 1. The Morgan fingerprint density at radius 1 is 1.18 bits per heavy atom. The van der Waals surface area contributed by atoms with Crippen LogP contribution in [0.3, 0.4) is 0 Å². The van der Waals surface area contributed by atoms with E-state index in [-0.39, 0.29) is 24.0 Å². The molecule has 156 valence electrons. The van der Waals surface area contributed by atoms with Crippen molar-refractivity contribution in [3.8, 4) is 0 Å². The molecular weight excluding hydrogens is 356 g/mol.